The van der Waals surface area contributed by atoms with Gasteiger partial charge in [-0.3, -0.25) is 9.59 Å². The molecule has 1 unspecified atom stereocenters. The summed E-state index contributed by atoms with van der Waals surface area (Å²) in [5.74, 6) is 1.37. The van der Waals surface area contributed by atoms with Gasteiger partial charge in [-0.2, -0.15) is 0 Å². The summed E-state index contributed by atoms with van der Waals surface area (Å²) in [6.07, 6.45) is 2.63. The SMILES string of the molecule is C=C1c2ccccc2C(=O)N1CCC(=O)N(Cc1ccc(OC)cc1)C(C)C1CC1. The lowest BCUT2D eigenvalue weighted by molar-refractivity contribution is -0.134. The summed E-state index contributed by atoms with van der Waals surface area (Å²) < 4.78 is 5.23. The van der Waals surface area contributed by atoms with Gasteiger partial charge < -0.3 is 14.5 Å². The Bertz CT molecular complexity index is 928. The van der Waals surface area contributed by atoms with E-state index in [9.17, 15) is 9.59 Å². The Morgan fingerprint density at radius 3 is 2.43 bits per heavy atom. The number of fused-ring (bicyclic) bond motifs is 1. The summed E-state index contributed by atoms with van der Waals surface area (Å²) >= 11 is 0. The molecule has 156 valence electrons. The first kappa shape index (κ1) is 20.2. The van der Waals surface area contributed by atoms with Crippen molar-refractivity contribution in [3.63, 3.8) is 0 Å². The molecule has 0 bridgehead atoms. The monoisotopic (exact) mass is 404 g/mol. The zero-order valence-electron chi connectivity index (χ0n) is 17.6. The van der Waals surface area contributed by atoms with Crippen LogP contribution in [-0.4, -0.2) is 41.3 Å². The van der Waals surface area contributed by atoms with Gasteiger partial charge in [0.05, 0.1) is 7.11 Å². The molecule has 0 spiro atoms. The molecule has 1 atom stereocenters. The minimum absolute atomic E-state index is 0.0691. The van der Waals surface area contributed by atoms with Gasteiger partial charge in [-0.15, -0.1) is 0 Å². The van der Waals surface area contributed by atoms with E-state index < -0.39 is 0 Å². The van der Waals surface area contributed by atoms with Crippen LogP contribution in [0.4, 0.5) is 0 Å². The number of amides is 2. The Morgan fingerprint density at radius 2 is 1.83 bits per heavy atom. The van der Waals surface area contributed by atoms with Crippen LogP contribution in [0.2, 0.25) is 0 Å². The number of rotatable bonds is 8. The predicted molar refractivity (Wildman–Crippen MR) is 117 cm³/mol. The second-order valence-electron chi connectivity index (χ2n) is 8.15. The fourth-order valence-corrected chi connectivity index (χ4v) is 4.14. The first-order chi connectivity index (χ1) is 14.5. The van der Waals surface area contributed by atoms with Crippen molar-refractivity contribution >= 4 is 17.5 Å². The standard InChI is InChI=1S/C25H28N2O3/c1-17(20-10-11-20)27(16-19-8-12-21(30-3)13-9-19)24(28)14-15-26-18(2)22-6-4-5-7-23(22)25(26)29/h4-9,12-13,17,20H,2,10-11,14-16H2,1,3H3. The summed E-state index contributed by atoms with van der Waals surface area (Å²) in [7, 11) is 1.64. The van der Waals surface area contributed by atoms with E-state index in [-0.39, 0.29) is 24.3 Å². The Balaban J connectivity index is 1.44. The maximum atomic E-state index is 13.2. The molecule has 1 heterocycles. The van der Waals surface area contributed by atoms with Gasteiger partial charge in [0.15, 0.2) is 0 Å². The molecule has 1 saturated carbocycles. The largest absolute Gasteiger partial charge is 0.497 e. The van der Waals surface area contributed by atoms with E-state index in [0.29, 0.717) is 30.3 Å². The Kier molecular flexibility index (Phi) is 5.62. The molecule has 1 fully saturated rings. The maximum Gasteiger partial charge on any atom is 0.258 e. The first-order valence-electron chi connectivity index (χ1n) is 10.5. The third-order valence-corrected chi connectivity index (χ3v) is 6.22. The van der Waals surface area contributed by atoms with Crippen molar-refractivity contribution in [1.29, 1.82) is 0 Å². The number of hydrogen-bond acceptors (Lipinski definition) is 3. The third-order valence-electron chi connectivity index (χ3n) is 6.22. The maximum absolute atomic E-state index is 13.2. The Hall–Kier alpha value is -3.08. The molecular weight excluding hydrogens is 376 g/mol. The van der Waals surface area contributed by atoms with E-state index in [1.54, 1.807) is 12.0 Å². The number of ether oxygens (including phenoxy) is 1. The highest BCUT2D eigenvalue weighted by atomic mass is 16.5. The van der Waals surface area contributed by atoms with Gasteiger partial charge in [0, 0.05) is 42.4 Å². The lowest BCUT2D eigenvalue weighted by Crippen LogP contribution is -2.41. The second-order valence-corrected chi connectivity index (χ2v) is 8.15. The second kappa shape index (κ2) is 8.34. The van der Waals surface area contributed by atoms with Crippen LogP contribution in [0.5, 0.6) is 5.75 Å². The molecule has 0 N–H and O–H groups in total. The van der Waals surface area contributed by atoms with Crippen LogP contribution in [0, 0.1) is 5.92 Å². The highest BCUT2D eigenvalue weighted by Crippen LogP contribution is 2.36. The van der Waals surface area contributed by atoms with Crippen LogP contribution in [0.1, 0.15) is 47.7 Å². The van der Waals surface area contributed by atoms with Crippen molar-refractivity contribution in [3.8, 4) is 5.75 Å². The number of hydrogen-bond donors (Lipinski definition) is 0. The fraction of sp³-hybridized carbons (Fsp3) is 0.360. The fourth-order valence-electron chi connectivity index (χ4n) is 4.14. The Morgan fingerprint density at radius 1 is 1.17 bits per heavy atom. The quantitative estimate of drug-likeness (QED) is 0.658. The van der Waals surface area contributed by atoms with Crippen molar-refractivity contribution in [2.45, 2.75) is 38.8 Å². The molecule has 0 saturated heterocycles. The number of nitrogens with zero attached hydrogens (tertiary/aromatic N) is 2. The predicted octanol–water partition coefficient (Wildman–Crippen LogP) is 4.34. The van der Waals surface area contributed by atoms with Gasteiger partial charge in [-0.25, -0.2) is 0 Å². The number of carbonyl (C=O) groups excluding carboxylic acids is 2. The van der Waals surface area contributed by atoms with Gasteiger partial charge >= 0.3 is 0 Å². The van der Waals surface area contributed by atoms with Crippen LogP contribution < -0.4 is 4.74 Å². The van der Waals surface area contributed by atoms with Gasteiger partial charge in [0.1, 0.15) is 5.75 Å². The highest BCUT2D eigenvalue weighted by molar-refractivity contribution is 6.08. The van der Waals surface area contributed by atoms with E-state index in [1.807, 2.05) is 53.4 Å². The Labute approximate surface area is 177 Å². The molecule has 2 amide bonds. The topological polar surface area (TPSA) is 49.9 Å². The smallest absolute Gasteiger partial charge is 0.258 e. The van der Waals surface area contributed by atoms with Crippen LogP contribution in [0.3, 0.4) is 0 Å². The van der Waals surface area contributed by atoms with E-state index in [0.717, 1.165) is 16.9 Å². The molecule has 0 radical (unpaired) electrons. The molecule has 5 nitrogen and oxygen atoms in total. The van der Waals surface area contributed by atoms with Gasteiger partial charge in [0.25, 0.3) is 5.91 Å². The summed E-state index contributed by atoms with van der Waals surface area (Å²) in [6.45, 7) is 7.12. The highest BCUT2D eigenvalue weighted by Gasteiger charge is 2.35. The molecule has 2 aromatic rings. The van der Waals surface area contributed by atoms with Crippen molar-refractivity contribution in [3.05, 3.63) is 71.8 Å². The molecule has 2 aromatic carbocycles. The minimum atomic E-state index is -0.0691. The van der Waals surface area contributed by atoms with Gasteiger partial charge in [0.2, 0.25) is 5.91 Å². The molecule has 2 aliphatic rings. The van der Waals surface area contributed by atoms with Crippen molar-refractivity contribution in [2.75, 3.05) is 13.7 Å². The molecule has 5 heteroatoms. The molecule has 30 heavy (non-hydrogen) atoms. The van der Waals surface area contributed by atoms with Crippen molar-refractivity contribution < 1.29 is 14.3 Å². The van der Waals surface area contributed by atoms with E-state index in [4.69, 9.17) is 4.74 Å². The lowest BCUT2D eigenvalue weighted by atomic mass is 10.1. The average Bonchev–Trinajstić information content (AvgIpc) is 3.59. The molecule has 0 aromatic heterocycles. The van der Waals surface area contributed by atoms with Gasteiger partial charge in [-0.1, -0.05) is 36.9 Å². The van der Waals surface area contributed by atoms with Crippen LogP contribution in [0.15, 0.2) is 55.1 Å². The molecular formula is C25H28N2O3. The van der Waals surface area contributed by atoms with Gasteiger partial charge in [-0.05, 0) is 49.4 Å². The number of carbonyl (C=O) groups is 2. The number of benzene rings is 2. The lowest BCUT2D eigenvalue weighted by Gasteiger charge is -2.30. The third kappa shape index (κ3) is 3.97. The van der Waals surface area contributed by atoms with Crippen LogP contribution in [-0.2, 0) is 11.3 Å². The van der Waals surface area contributed by atoms with Crippen molar-refractivity contribution in [2.24, 2.45) is 5.92 Å². The molecule has 4 rings (SSSR count). The summed E-state index contributed by atoms with van der Waals surface area (Å²) in [5, 5.41) is 0. The molecule has 1 aliphatic carbocycles. The van der Waals surface area contributed by atoms with E-state index in [1.165, 1.54) is 12.8 Å². The summed E-state index contributed by atoms with van der Waals surface area (Å²) in [4.78, 5) is 29.5. The van der Waals surface area contributed by atoms with Crippen LogP contribution >= 0.6 is 0 Å². The first-order valence-corrected chi connectivity index (χ1v) is 10.5. The summed E-state index contributed by atoms with van der Waals surface area (Å²) in [6, 6.07) is 15.5. The zero-order chi connectivity index (χ0) is 21.3. The van der Waals surface area contributed by atoms with E-state index in [2.05, 4.69) is 13.5 Å². The van der Waals surface area contributed by atoms with Crippen molar-refractivity contribution in [1.82, 2.24) is 9.80 Å². The van der Waals surface area contributed by atoms with E-state index >= 15 is 0 Å². The average molecular weight is 405 g/mol. The minimum Gasteiger partial charge on any atom is -0.497 e. The normalized spacial score (nSPS) is 16.4. The number of methoxy groups -OCH3 is 1. The van der Waals surface area contributed by atoms with Crippen LogP contribution in [0.25, 0.3) is 5.70 Å². The molecule has 1 aliphatic heterocycles. The summed E-state index contributed by atoms with van der Waals surface area (Å²) in [5.41, 5.74) is 3.28. The zero-order valence-corrected chi connectivity index (χ0v) is 17.6.